The molecule has 0 saturated carbocycles. The first kappa shape index (κ1) is 12.5. The number of hydrogen-bond acceptors (Lipinski definition) is 1. The number of unbranched alkanes of at least 4 members (excludes halogenated alkanes) is 3. The molecule has 2 nitrogen and oxygen atoms in total. The second kappa shape index (κ2) is 6.01. The third-order valence-corrected chi connectivity index (χ3v) is 2.50. The topological polar surface area (TPSA) is 29.1 Å². The molecule has 0 spiro atoms. The van der Waals surface area contributed by atoms with Gasteiger partial charge < -0.3 is 5.32 Å². The van der Waals surface area contributed by atoms with Crippen molar-refractivity contribution in [2.24, 2.45) is 5.41 Å². The van der Waals surface area contributed by atoms with E-state index in [0.29, 0.717) is 0 Å². The molecule has 0 aliphatic heterocycles. The Balaban J connectivity index is 3.69. The summed E-state index contributed by atoms with van der Waals surface area (Å²) in [6, 6.07) is 0. The smallest absolute Gasteiger partial charge is 0.225 e. The van der Waals surface area contributed by atoms with Crippen LogP contribution in [0, 0.1) is 5.41 Å². The van der Waals surface area contributed by atoms with Gasteiger partial charge in [0, 0.05) is 12.5 Å². The lowest BCUT2D eigenvalue weighted by Crippen LogP contribution is -2.34. The molecule has 13 heavy (non-hydrogen) atoms. The predicted octanol–water partition coefficient (Wildman–Crippen LogP) is 2.73. The third kappa shape index (κ3) is 4.91. The van der Waals surface area contributed by atoms with Crippen molar-refractivity contribution in [2.75, 3.05) is 7.05 Å². The number of carbonyl (C=O) groups is 1. The zero-order valence-corrected chi connectivity index (χ0v) is 9.44. The monoisotopic (exact) mass is 185 g/mol. The Morgan fingerprint density at radius 3 is 2.31 bits per heavy atom. The lowest BCUT2D eigenvalue weighted by molar-refractivity contribution is -0.129. The van der Waals surface area contributed by atoms with Crippen molar-refractivity contribution in [3.8, 4) is 0 Å². The molecular weight excluding hydrogens is 162 g/mol. The summed E-state index contributed by atoms with van der Waals surface area (Å²) >= 11 is 0. The average molecular weight is 185 g/mol. The number of carbonyl (C=O) groups excluding carboxylic acids is 1. The zero-order valence-electron chi connectivity index (χ0n) is 9.44. The summed E-state index contributed by atoms with van der Waals surface area (Å²) in [5, 5.41) is 2.71. The van der Waals surface area contributed by atoms with Gasteiger partial charge >= 0.3 is 0 Å². The number of hydrogen-bond donors (Lipinski definition) is 1. The van der Waals surface area contributed by atoms with E-state index in [9.17, 15) is 4.79 Å². The highest BCUT2D eigenvalue weighted by Gasteiger charge is 2.25. The first-order chi connectivity index (χ1) is 6.04. The van der Waals surface area contributed by atoms with Crippen LogP contribution in [-0.2, 0) is 4.79 Å². The van der Waals surface area contributed by atoms with Crippen LogP contribution in [0.5, 0.6) is 0 Å². The lowest BCUT2D eigenvalue weighted by atomic mass is 9.86. The minimum absolute atomic E-state index is 0.156. The van der Waals surface area contributed by atoms with Crippen LogP contribution in [0.4, 0.5) is 0 Å². The predicted molar refractivity (Wildman–Crippen MR) is 56.6 cm³/mol. The van der Waals surface area contributed by atoms with Crippen molar-refractivity contribution < 1.29 is 4.79 Å². The molecule has 2 heteroatoms. The first-order valence-electron chi connectivity index (χ1n) is 5.26. The third-order valence-electron chi connectivity index (χ3n) is 2.50. The van der Waals surface area contributed by atoms with Gasteiger partial charge in [0.25, 0.3) is 0 Å². The van der Waals surface area contributed by atoms with Crippen LogP contribution >= 0.6 is 0 Å². The fourth-order valence-corrected chi connectivity index (χ4v) is 1.45. The molecule has 0 radical (unpaired) electrons. The fourth-order valence-electron chi connectivity index (χ4n) is 1.45. The van der Waals surface area contributed by atoms with Gasteiger partial charge in [0.05, 0.1) is 0 Å². The Kier molecular flexibility index (Phi) is 5.76. The van der Waals surface area contributed by atoms with E-state index in [4.69, 9.17) is 0 Å². The molecule has 1 N–H and O–H groups in total. The molecule has 1 amide bonds. The molecule has 0 unspecified atom stereocenters. The van der Waals surface area contributed by atoms with Crippen molar-refractivity contribution >= 4 is 5.91 Å². The molecule has 0 fully saturated rings. The van der Waals surface area contributed by atoms with Gasteiger partial charge in [-0.1, -0.05) is 46.5 Å². The van der Waals surface area contributed by atoms with E-state index in [1.54, 1.807) is 7.05 Å². The van der Waals surface area contributed by atoms with Gasteiger partial charge in [0.2, 0.25) is 5.91 Å². The molecular formula is C11H23NO. The van der Waals surface area contributed by atoms with Crippen LogP contribution in [0.2, 0.25) is 0 Å². The largest absolute Gasteiger partial charge is 0.359 e. The van der Waals surface area contributed by atoms with Crippen LogP contribution in [0.15, 0.2) is 0 Å². The van der Waals surface area contributed by atoms with Crippen molar-refractivity contribution in [1.82, 2.24) is 5.32 Å². The molecule has 0 saturated heterocycles. The summed E-state index contributed by atoms with van der Waals surface area (Å²) < 4.78 is 0. The zero-order chi connectivity index (χ0) is 10.3. The minimum Gasteiger partial charge on any atom is -0.359 e. The van der Waals surface area contributed by atoms with E-state index in [2.05, 4.69) is 12.2 Å². The number of rotatable bonds is 6. The van der Waals surface area contributed by atoms with Gasteiger partial charge in [-0.15, -0.1) is 0 Å². The van der Waals surface area contributed by atoms with E-state index in [1.165, 1.54) is 19.3 Å². The van der Waals surface area contributed by atoms with Crippen LogP contribution < -0.4 is 5.32 Å². The molecule has 0 rings (SSSR count). The molecule has 0 aliphatic carbocycles. The minimum atomic E-state index is -0.192. The summed E-state index contributed by atoms with van der Waals surface area (Å²) in [4.78, 5) is 11.4. The van der Waals surface area contributed by atoms with Crippen LogP contribution in [0.1, 0.15) is 52.9 Å². The van der Waals surface area contributed by atoms with E-state index in [0.717, 1.165) is 12.8 Å². The van der Waals surface area contributed by atoms with Gasteiger partial charge in [-0.25, -0.2) is 0 Å². The van der Waals surface area contributed by atoms with E-state index in [1.807, 2.05) is 13.8 Å². The van der Waals surface area contributed by atoms with E-state index >= 15 is 0 Å². The molecule has 78 valence electrons. The summed E-state index contributed by atoms with van der Waals surface area (Å²) in [6.07, 6.45) is 5.93. The maximum atomic E-state index is 11.4. The molecule has 0 aliphatic rings. The molecule has 0 atom stereocenters. The van der Waals surface area contributed by atoms with Crippen molar-refractivity contribution in [3.63, 3.8) is 0 Å². The van der Waals surface area contributed by atoms with Gasteiger partial charge in [-0.3, -0.25) is 4.79 Å². The Morgan fingerprint density at radius 1 is 1.23 bits per heavy atom. The SMILES string of the molecule is CCCCCCC(C)(C)C(=O)NC. The second-order valence-corrected chi connectivity index (χ2v) is 4.27. The Morgan fingerprint density at radius 2 is 1.85 bits per heavy atom. The van der Waals surface area contributed by atoms with Crippen LogP contribution in [0.25, 0.3) is 0 Å². The fraction of sp³-hybridized carbons (Fsp3) is 0.909. The maximum Gasteiger partial charge on any atom is 0.225 e. The summed E-state index contributed by atoms with van der Waals surface area (Å²) in [7, 11) is 1.70. The first-order valence-corrected chi connectivity index (χ1v) is 5.26. The Bertz CT molecular complexity index is 152. The van der Waals surface area contributed by atoms with Crippen molar-refractivity contribution in [2.45, 2.75) is 52.9 Å². The van der Waals surface area contributed by atoms with Crippen LogP contribution in [0.3, 0.4) is 0 Å². The van der Waals surface area contributed by atoms with E-state index in [-0.39, 0.29) is 11.3 Å². The molecule has 0 heterocycles. The Hall–Kier alpha value is -0.530. The highest BCUT2D eigenvalue weighted by Crippen LogP contribution is 2.23. The molecule has 0 bridgehead atoms. The summed E-state index contributed by atoms with van der Waals surface area (Å²) in [5.74, 6) is 0.156. The quantitative estimate of drug-likeness (QED) is 0.633. The second-order valence-electron chi connectivity index (χ2n) is 4.27. The average Bonchev–Trinajstić information content (AvgIpc) is 2.11. The lowest BCUT2D eigenvalue weighted by Gasteiger charge is -2.22. The van der Waals surface area contributed by atoms with E-state index < -0.39 is 0 Å². The molecule has 0 aromatic carbocycles. The Labute approximate surface area is 82.1 Å². The molecule has 0 aromatic heterocycles. The van der Waals surface area contributed by atoms with Crippen molar-refractivity contribution in [1.29, 1.82) is 0 Å². The van der Waals surface area contributed by atoms with Crippen LogP contribution in [-0.4, -0.2) is 13.0 Å². The van der Waals surface area contributed by atoms with Gasteiger partial charge in [-0.05, 0) is 6.42 Å². The van der Waals surface area contributed by atoms with Gasteiger partial charge in [-0.2, -0.15) is 0 Å². The normalized spacial score (nSPS) is 11.4. The maximum absolute atomic E-state index is 11.4. The standard InChI is InChI=1S/C11H23NO/c1-5-6-7-8-9-11(2,3)10(13)12-4/h5-9H2,1-4H3,(H,12,13). The highest BCUT2D eigenvalue weighted by molar-refractivity contribution is 5.81. The van der Waals surface area contributed by atoms with Gasteiger partial charge in [0.15, 0.2) is 0 Å². The number of amides is 1. The van der Waals surface area contributed by atoms with Gasteiger partial charge in [0.1, 0.15) is 0 Å². The summed E-state index contributed by atoms with van der Waals surface area (Å²) in [6.45, 7) is 6.22. The number of nitrogens with one attached hydrogen (secondary N) is 1. The highest BCUT2D eigenvalue weighted by atomic mass is 16.2. The van der Waals surface area contributed by atoms with Crippen molar-refractivity contribution in [3.05, 3.63) is 0 Å². The molecule has 0 aromatic rings. The summed E-state index contributed by atoms with van der Waals surface area (Å²) in [5.41, 5.74) is -0.192.